The minimum absolute atomic E-state index is 0.0285. The van der Waals surface area contributed by atoms with E-state index in [2.05, 4.69) is 10.3 Å². The summed E-state index contributed by atoms with van der Waals surface area (Å²) in [4.78, 5) is 27.8. The molecule has 3 aromatic rings. The molecule has 1 heterocycles. The molecule has 0 unspecified atom stereocenters. The molecule has 0 saturated heterocycles. The SMILES string of the molecule is Cc1csc(Sc2ccc(C(=O)Nc3cccc(Cl)c3F)cc2[N+](=O)[O-])n1. The number of rotatable bonds is 5. The first-order valence-corrected chi connectivity index (χ1v) is 9.56. The van der Waals surface area contributed by atoms with Crippen molar-refractivity contribution in [3.05, 3.63) is 74.0 Å². The Morgan fingerprint density at radius 1 is 1.37 bits per heavy atom. The zero-order valence-corrected chi connectivity index (χ0v) is 16.1. The zero-order valence-electron chi connectivity index (χ0n) is 13.7. The molecular formula is C17H11ClFN3O3S2. The maximum Gasteiger partial charge on any atom is 0.284 e. The van der Waals surface area contributed by atoms with Gasteiger partial charge in [0.25, 0.3) is 11.6 Å². The lowest BCUT2D eigenvalue weighted by molar-refractivity contribution is -0.387. The molecule has 1 N–H and O–H groups in total. The van der Waals surface area contributed by atoms with E-state index in [4.69, 9.17) is 11.6 Å². The molecule has 0 fully saturated rings. The maximum atomic E-state index is 13.9. The molecule has 0 aliphatic rings. The number of nitrogens with one attached hydrogen (secondary N) is 1. The summed E-state index contributed by atoms with van der Waals surface area (Å²) in [6.45, 7) is 1.83. The zero-order chi connectivity index (χ0) is 19.6. The number of nitro groups is 1. The smallest absolute Gasteiger partial charge is 0.284 e. The first-order valence-electron chi connectivity index (χ1n) is 7.49. The molecule has 0 aliphatic carbocycles. The summed E-state index contributed by atoms with van der Waals surface area (Å²) >= 11 is 8.21. The van der Waals surface area contributed by atoms with Crippen LogP contribution >= 0.6 is 34.7 Å². The van der Waals surface area contributed by atoms with E-state index in [1.165, 1.54) is 41.7 Å². The Hall–Kier alpha value is -2.49. The molecule has 10 heteroatoms. The van der Waals surface area contributed by atoms with Crippen molar-refractivity contribution in [2.45, 2.75) is 16.2 Å². The Bertz CT molecular complexity index is 1040. The topological polar surface area (TPSA) is 85.1 Å². The molecule has 0 bridgehead atoms. The van der Waals surface area contributed by atoms with Gasteiger partial charge in [0.05, 0.1) is 20.5 Å². The molecule has 3 rings (SSSR count). The standard InChI is InChI=1S/C17H11ClFN3O3S2/c1-9-8-26-17(20-9)27-14-6-5-10(7-13(14)22(24)25)16(23)21-12-4-2-3-11(18)15(12)19/h2-8H,1H3,(H,21,23). The monoisotopic (exact) mass is 423 g/mol. The Morgan fingerprint density at radius 3 is 2.81 bits per heavy atom. The van der Waals surface area contributed by atoms with Crippen LogP contribution < -0.4 is 5.32 Å². The molecule has 6 nitrogen and oxygen atoms in total. The van der Waals surface area contributed by atoms with Gasteiger partial charge in [-0.3, -0.25) is 14.9 Å². The van der Waals surface area contributed by atoms with Crippen LogP contribution in [0.15, 0.2) is 51.0 Å². The fourth-order valence-corrected chi connectivity index (χ4v) is 4.21. The van der Waals surface area contributed by atoms with Crippen LogP contribution in [0.5, 0.6) is 0 Å². The van der Waals surface area contributed by atoms with Crippen LogP contribution in [0.4, 0.5) is 15.8 Å². The Balaban J connectivity index is 1.87. The van der Waals surface area contributed by atoms with Crippen molar-refractivity contribution in [2.75, 3.05) is 5.32 Å². The molecule has 0 aliphatic heterocycles. The largest absolute Gasteiger partial charge is 0.319 e. The molecule has 0 atom stereocenters. The van der Waals surface area contributed by atoms with Crippen LogP contribution in [0.3, 0.4) is 0 Å². The van der Waals surface area contributed by atoms with E-state index in [0.29, 0.717) is 9.24 Å². The summed E-state index contributed by atoms with van der Waals surface area (Å²) in [5.41, 5.74) is 0.518. The second-order valence-corrected chi connectivity index (χ2v) is 7.91. The lowest BCUT2D eigenvalue weighted by atomic mass is 10.2. The number of hydrogen-bond donors (Lipinski definition) is 1. The highest BCUT2D eigenvalue weighted by Crippen LogP contribution is 2.37. The van der Waals surface area contributed by atoms with Crippen molar-refractivity contribution < 1.29 is 14.1 Å². The van der Waals surface area contributed by atoms with Gasteiger partial charge in [-0.1, -0.05) is 29.4 Å². The molecule has 138 valence electrons. The van der Waals surface area contributed by atoms with Crippen molar-refractivity contribution in [3.63, 3.8) is 0 Å². The second kappa shape index (κ2) is 8.03. The minimum Gasteiger partial charge on any atom is -0.319 e. The normalized spacial score (nSPS) is 10.6. The van der Waals surface area contributed by atoms with Crippen LogP contribution in [-0.4, -0.2) is 15.8 Å². The lowest BCUT2D eigenvalue weighted by Gasteiger charge is -2.08. The number of anilines is 1. The summed E-state index contributed by atoms with van der Waals surface area (Å²) in [7, 11) is 0. The molecule has 0 spiro atoms. The number of hydrogen-bond acceptors (Lipinski definition) is 6. The highest BCUT2D eigenvalue weighted by atomic mass is 35.5. The van der Waals surface area contributed by atoms with E-state index >= 15 is 0 Å². The summed E-state index contributed by atoms with van der Waals surface area (Å²) in [5, 5.41) is 15.5. The predicted octanol–water partition coefficient (Wildman–Crippen LogP) is 5.56. The highest BCUT2D eigenvalue weighted by Gasteiger charge is 2.20. The third-order valence-electron chi connectivity index (χ3n) is 3.41. The van der Waals surface area contributed by atoms with Gasteiger partial charge < -0.3 is 5.32 Å². The lowest BCUT2D eigenvalue weighted by Crippen LogP contribution is -2.13. The number of halogens is 2. The molecular weight excluding hydrogens is 413 g/mol. The molecule has 1 aromatic heterocycles. The van der Waals surface area contributed by atoms with Gasteiger partial charge in [0.1, 0.15) is 0 Å². The minimum atomic E-state index is -0.770. The summed E-state index contributed by atoms with van der Waals surface area (Å²) in [6, 6.07) is 8.25. The van der Waals surface area contributed by atoms with Gasteiger partial charge in [-0.15, -0.1) is 11.3 Å². The van der Waals surface area contributed by atoms with E-state index in [1.54, 1.807) is 0 Å². The number of benzene rings is 2. The predicted molar refractivity (Wildman–Crippen MR) is 103 cm³/mol. The van der Waals surface area contributed by atoms with Crippen molar-refractivity contribution in [1.29, 1.82) is 0 Å². The van der Waals surface area contributed by atoms with E-state index in [-0.39, 0.29) is 22.0 Å². The van der Waals surface area contributed by atoms with Crippen LogP contribution in [0, 0.1) is 22.9 Å². The number of carbonyl (C=O) groups is 1. The molecule has 1 amide bonds. The fraction of sp³-hybridized carbons (Fsp3) is 0.0588. The van der Waals surface area contributed by atoms with Crippen LogP contribution in [0.1, 0.15) is 16.1 Å². The number of aryl methyl sites for hydroxylation is 1. The maximum absolute atomic E-state index is 13.9. The van der Waals surface area contributed by atoms with Gasteiger partial charge in [0, 0.05) is 22.7 Å². The average molecular weight is 424 g/mol. The number of nitrogens with zero attached hydrogens (tertiary/aromatic N) is 2. The Kier molecular flexibility index (Phi) is 5.73. The van der Waals surface area contributed by atoms with Crippen LogP contribution in [0.25, 0.3) is 0 Å². The average Bonchev–Trinajstić information content (AvgIpc) is 3.04. The first-order chi connectivity index (χ1) is 12.8. The summed E-state index contributed by atoms with van der Waals surface area (Å²) in [5.74, 6) is -1.45. The molecule has 0 radical (unpaired) electrons. The number of nitro benzene ring substituents is 1. The van der Waals surface area contributed by atoms with E-state index in [9.17, 15) is 19.3 Å². The second-order valence-electron chi connectivity index (χ2n) is 5.35. The van der Waals surface area contributed by atoms with Crippen LogP contribution in [-0.2, 0) is 0 Å². The number of aromatic nitrogens is 1. The summed E-state index contributed by atoms with van der Waals surface area (Å²) < 4.78 is 14.6. The number of carbonyl (C=O) groups excluding carboxylic acids is 1. The van der Waals surface area contributed by atoms with Crippen LogP contribution in [0.2, 0.25) is 5.02 Å². The highest BCUT2D eigenvalue weighted by molar-refractivity contribution is 8.01. The number of amides is 1. The van der Waals surface area contributed by atoms with E-state index in [0.717, 1.165) is 23.5 Å². The fourth-order valence-electron chi connectivity index (χ4n) is 2.16. The molecule has 27 heavy (non-hydrogen) atoms. The van der Waals surface area contributed by atoms with Gasteiger partial charge >= 0.3 is 0 Å². The first kappa shape index (κ1) is 19.3. The van der Waals surface area contributed by atoms with Crippen molar-refractivity contribution >= 4 is 52.0 Å². The summed E-state index contributed by atoms with van der Waals surface area (Å²) in [6.07, 6.45) is 0. The Labute approximate surface area is 166 Å². The van der Waals surface area contributed by atoms with Gasteiger partial charge in [0.15, 0.2) is 10.2 Å². The Morgan fingerprint density at radius 2 is 2.15 bits per heavy atom. The van der Waals surface area contributed by atoms with Gasteiger partial charge in [-0.25, -0.2) is 9.37 Å². The van der Waals surface area contributed by atoms with Gasteiger partial charge in [-0.05, 0) is 31.2 Å². The van der Waals surface area contributed by atoms with Crippen molar-refractivity contribution in [2.24, 2.45) is 0 Å². The third-order valence-corrected chi connectivity index (χ3v) is 5.83. The third kappa shape index (κ3) is 4.44. The molecule has 2 aromatic carbocycles. The van der Waals surface area contributed by atoms with Gasteiger partial charge in [0.2, 0.25) is 0 Å². The molecule has 0 saturated carbocycles. The van der Waals surface area contributed by atoms with E-state index in [1.807, 2.05) is 12.3 Å². The van der Waals surface area contributed by atoms with Crippen molar-refractivity contribution in [3.8, 4) is 0 Å². The quantitative estimate of drug-likeness (QED) is 0.429. The van der Waals surface area contributed by atoms with Crippen molar-refractivity contribution in [1.82, 2.24) is 4.98 Å². The number of thiazole rings is 1. The van der Waals surface area contributed by atoms with Gasteiger partial charge in [-0.2, -0.15) is 0 Å². The van der Waals surface area contributed by atoms with E-state index < -0.39 is 16.6 Å².